The summed E-state index contributed by atoms with van der Waals surface area (Å²) in [5.41, 5.74) is 9.72. The van der Waals surface area contributed by atoms with Crippen molar-refractivity contribution in [3.05, 3.63) is 155 Å². The molecule has 0 spiro atoms. The normalized spacial score (nSPS) is 11.3. The van der Waals surface area contributed by atoms with Crippen LogP contribution in [-0.4, -0.2) is 25.8 Å². The molecule has 0 amide bonds. The number of hydrogen-bond acceptors (Lipinski definition) is 8. The van der Waals surface area contributed by atoms with Crippen molar-refractivity contribution in [2.45, 2.75) is 31.6 Å². The molecule has 5 rings (SSSR count). The predicted molar refractivity (Wildman–Crippen MR) is 180 cm³/mol. The van der Waals surface area contributed by atoms with E-state index in [9.17, 15) is 8.42 Å². The van der Waals surface area contributed by atoms with E-state index in [1.807, 2.05) is 97.9 Å². The number of benzene rings is 5. The summed E-state index contributed by atoms with van der Waals surface area (Å²) in [6.45, 7) is 2.50. The Hall–Kier alpha value is -5.65. The third-order valence-corrected chi connectivity index (χ3v) is 7.97. The zero-order valence-corrected chi connectivity index (χ0v) is 26.5. The molecule has 0 fully saturated rings. The topological polar surface area (TPSA) is 137 Å². The Balaban J connectivity index is 1.51. The van der Waals surface area contributed by atoms with Gasteiger partial charge >= 0.3 is 10.1 Å². The molecule has 0 atom stereocenters. The van der Waals surface area contributed by atoms with Gasteiger partial charge in [-0.15, -0.1) is 9.39 Å². The predicted octanol–water partition coefficient (Wildman–Crippen LogP) is 6.58. The zero-order chi connectivity index (χ0) is 33.1. The molecule has 3 N–H and O–H groups in total. The second-order valence-electron chi connectivity index (χ2n) is 10.4. The van der Waals surface area contributed by atoms with Crippen LogP contribution in [0.5, 0.6) is 17.2 Å². The molecule has 0 aromatic heterocycles. The fourth-order valence-corrected chi connectivity index (χ4v) is 5.19. The highest BCUT2D eigenvalue weighted by Gasteiger charge is 2.23. The molecule has 0 saturated heterocycles. The van der Waals surface area contributed by atoms with Crippen molar-refractivity contribution in [2.24, 2.45) is 10.8 Å². The first-order valence-electron chi connectivity index (χ1n) is 14.6. The summed E-state index contributed by atoms with van der Waals surface area (Å²) in [5, 5.41) is 12.5. The summed E-state index contributed by atoms with van der Waals surface area (Å²) in [4.78, 5) is -0.118. The van der Waals surface area contributed by atoms with Gasteiger partial charge in [0.25, 0.3) is 0 Å². The number of rotatable bonds is 14. The number of nitrogens with one attached hydrogen (secondary N) is 1. The molecule has 10 nitrogen and oxygen atoms in total. The Bertz CT molecular complexity index is 1900. The minimum atomic E-state index is -4.35. The Labute approximate surface area is 274 Å². The maximum Gasteiger partial charge on any atom is 0.319 e. The summed E-state index contributed by atoms with van der Waals surface area (Å²) in [6, 6.07) is 38.4. The maximum absolute atomic E-state index is 13.0. The molecular formula is C36H34N4O6S. The second-order valence-corrected chi connectivity index (χ2v) is 11.9. The van der Waals surface area contributed by atoms with Crippen LogP contribution in [0.25, 0.3) is 0 Å². The van der Waals surface area contributed by atoms with Gasteiger partial charge in [-0.3, -0.25) is 5.41 Å². The number of hydrogen-bond donors (Lipinski definition) is 2. The fraction of sp³-hybridized carbons (Fsp3) is 0.111. The van der Waals surface area contributed by atoms with Crippen molar-refractivity contribution >= 4 is 22.3 Å². The van der Waals surface area contributed by atoms with E-state index in [0.717, 1.165) is 22.3 Å². The van der Waals surface area contributed by atoms with Crippen LogP contribution in [0.2, 0.25) is 0 Å². The lowest BCUT2D eigenvalue weighted by Crippen LogP contribution is -2.34. The van der Waals surface area contributed by atoms with E-state index < -0.39 is 16.1 Å². The molecule has 0 saturated carbocycles. The molecule has 0 aliphatic heterocycles. The van der Waals surface area contributed by atoms with Gasteiger partial charge in [0.15, 0.2) is 11.5 Å². The molecule has 0 aliphatic rings. The lowest BCUT2D eigenvalue weighted by atomic mass is 10.1. The second kappa shape index (κ2) is 15.6. The smallest absolute Gasteiger partial charge is 0.319 e. The first-order valence-corrected chi connectivity index (χ1v) is 16.1. The van der Waals surface area contributed by atoms with Gasteiger partial charge in [0.2, 0.25) is 11.7 Å². The molecule has 5 aromatic carbocycles. The summed E-state index contributed by atoms with van der Waals surface area (Å²) in [7, 11) is -4.35. The first-order chi connectivity index (χ1) is 22.8. The van der Waals surface area contributed by atoms with Crippen LogP contribution >= 0.6 is 0 Å². The molecule has 5 aromatic rings. The van der Waals surface area contributed by atoms with Crippen molar-refractivity contribution in [1.82, 2.24) is 5.17 Å². The SMILES string of the molecule is Cc1ccc(S(=O)(=O)ON(N=Cc2ccc(OCc3ccccc3)c(OCc3ccccc3)c2OCc2ccccc2)C(=N)N)cc1. The molecule has 47 heavy (non-hydrogen) atoms. The molecule has 0 heterocycles. The highest BCUT2D eigenvalue weighted by molar-refractivity contribution is 7.86. The molecule has 0 unspecified atom stereocenters. The summed E-state index contributed by atoms with van der Waals surface area (Å²) < 4.78 is 50.0. The number of guanidine groups is 1. The first kappa shape index (κ1) is 32.7. The average Bonchev–Trinajstić information content (AvgIpc) is 3.09. The largest absolute Gasteiger partial charge is 0.485 e. The van der Waals surface area contributed by atoms with E-state index in [1.165, 1.54) is 18.3 Å². The average molecular weight is 651 g/mol. The lowest BCUT2D eigenvalue weighted by Gasteiger charge is -2.20. The van der Waals surface area contributed by atoms with Crippen molar-refractivity contribution < 1.29 is 26.9 Å². The highest BCUT2D eigenvalue weighted by atomic mass is 32.2. The number of hydroxylamine groups is 1. The standard InChI is InChI=1S/C36H34N4O6S/c1-27-17-20-32(21-18-27)47(41,42)46-40(36(37)38)39-23-31-19-22-33(43-24-28-11-5-2-6-12-28)35(45-26-30-15-9-4-10-16-30)34(31)44-25-29-13-7-3-8-14-29/h2-23H,24-26H2,1H3,(H3,37,38). The third-order valence-electron chi connectivity index (χ3n) is 6.78. The van der Waals surface area contributed by atoms with E-state index in [1.54, 1.807) is 24.3 Å². The highest BCUT2D eigenvalue weighted by Crippen LogP contribution is 2.41. The lowest BCUT2D eigenvalue weighted by molar-refractivity contribution is 0.0284. The molecule has 0 aliphatic carbocycles. The van der Waals surface area contributed by atoms with Crippen molar-refractivity contribution in [1.29, 1.82) is 5.41 Å². The van der Waals surface area contributed by atoms with Crippen LogP contribution in [-0.2, 0) is 34.2 Å². The van der Waals surface area contributed by atoms with Gasteiger partial charge in [-0.2, -0.15) is 8.42 Å². The third kappa shape index (κ3) is 9.19. The monoisotopic (exact) mass is 650 g/mol. The molecule has 240 valence electrons. The quantitative estimate of drug-likeness (QED) is 0.0781. The number of ether oxygens (including phenoxy) is 3. The van der Waals surface area contributed by atoms with E-state index in [4.69, 9.17) is 29.6 Å². The van der Waals surface area contributed by atoms with Crippen LogP contribution in [0.4, 0.5) is 0 Å². The van der Waals surface area contributed by atoms with Crippen molar-refractivity contribution in [3.63, 3.8) is 0 Å². The molecular weight excluding hydrogens is 616 g/mol. The van der Waals surface area contributed by atoms with Crippen molar-refractivity contribution in [2.75, 3.05) is 0 Å². The maximum atomic E-state index is 13.0. The fourth-order valence-electron chi connectivity index (χ4n) is 4.33. The van der Waals surface area contributed by atoms with E-state index in [-0.39, 0.29) is 30.5 Å². The van der Waals surface area contributed by atoms with E-state index in [0.29, 0.717) is 22.2 Å². The van der Waals surface area contributed by atoms with Crippen LogP contribution in [0, 0.1) is 12.3 Å². The van der Waals surface area contributed by atoms with Gasteiger partial charge in [0.05, 0.1) is 11.1 Å². The number of hydrazone groups is 1. The van der Waals surface area contributed by atoms with Gasteiger partial charge in [-0.1, -0.05) is 114 Å². The molecule has 0 radical (unpaired) electrons. The van der Waals surface area contributed by atoms with Gasteiger partial charge < -0.3 is 19.9 Å². The Morgan fingerprint density at radius 1 is 0.702 bits per heavy atom. The zero-order valence-electron chi connectivity index (χ0n) is 25.7. The summed E-state index contributed by atoms with van der Waals surface area (Å²) in [6.07, 6.45) is 1.28. The molecule has 11 heteroatoms. The van der Waals surface area contributed by atoms with Crippen LogP contribution in [0.3, 0.4) is 0 Å². The van der Waals surface area contributed by atoms with Gasteiger partial charge in [-0.25, -0.2) is 0 Å². The number of aryl methyl sites for hydroxylation is 1. The van der Waals surface area contributed by atoms with Crippen molar-refractivity contribution in [3.8, 4) is 17.2 Å². The Morgan fingerprint density at radius 3 is 1.70 bits per heavy atom. The Kier molecular flexibility index (Phi) is 10.8. The van der Waals surface area contributed by atoms with Gasteiger partial charge in [0.1, 0.15) is 19.8 Å². The minimum Gasteiger partial charge on any atom is -0.485 e. The number of nitrogens with two attached hydrogens (primary N) is 1. The summed E-state index contributed by atoms with van der Waals surface area (Å²) >= 11 is 0. The van der Waals surface area contributed by atoms with Gasteiger partial charge in [-0.05, 0) is 47.9 Å². The van der Waals surface area contributed by atoms with Crippen LogP contribution in [0.1, 0.15) is 27.8 Å². The Morgan fingerprint density at radius 2 is 1.19 bits per heavy atom. The minimum absolute atomic E-state index is 0.118. The van der Waals surface area contributed by atoms with Crippen LogP contribution in [0.15, 0.2) is 137 Å². The number of nitrogens with zero attached hydrogens (tertiary/aromatic N) is 2. The van der Waals surface area contributed by atoms with E-state index >= 15 is 0 Å². The van der Waals surface area contributed by atoms with Gasteiger partial charge in [0, 0.05) is 5.56 Å². The van der Waals surface area contributed by atoms with E-state index in [2.05, 4.69) is 5.10 Å². The summed E-state index contributed by atoms with van der Waals surface area (Å²) in [5.74, 6) is 0.259. The van der Waals surface area contributed by atoms with Crippen LogP contribution < -0.4 is 19.9 Å². The molecule has 0 bridgehead atoms.